The SMILES string of the molecule is C#CCn1cc(C(=O)C(=O)N[C@@H](Cc2c[nH]c3ccccc23)C(=O)OC)c2ccccc21. The van der Waals surface area contributed by atoms with Crippen LogP contribution in [0.3, 0.4) is 0 Å². The highest BCUT2D eigenvalue weighted by Crippen LogP contribution is 2.22. The van der Waals surface area contributed by atoms with E-state index in [0.29, 0.717) is 5.39 Å². The number of hydrogen-bond acceptors (Lipinski definition) is 4. The predicted molar refractivity (Wildman–Crippen MR) is 121 cm³/mol. The van der Waals surface area contributed by atoms with Crippen LogP contribution in [0.1, 0.15) is 15.9 Å². The summed E-state index contributed by atoms with van der Waals surface area (Å²) in [6, 6.07) is 13.8. The Balaban J connectivity index is 1.60. The molecule has 7 heteroatoms. The number of aromatic amines is 1. The Morgan fingerprint density at radius 3 is 2.59 bits per heavy atom. The van der Waals surface area contributed by atoms with Crippen molar-refractivity contribution >= 4 is 39.5 Å². The number of H-pyrrole nitrogens is 1. The standard InChI is InChI=1S/C25H21N3O4/c1-3-12-28-15-19(18-9-5-7-11-22(18)28)23(29)24(30)27-21(25(31)32-2)13-16-14-26-20-10-6-4-8-17(16)20/h1,4-11,14-15,21,26H,12-13H2,2H3,(H,27,30)/t21-/m0/s1. The van der Waals surface area contributed by atoms with Gasteiger partial charge in [0.2, 0.25) is 0 Å². The quantitative estimate of drug-likeness (QED) is 0.205. The van der Waals surface area contributed by atoms with Crippen LogP contribution in [0.25, 0.3) is 21.8 Å². The van der Waals surface area contributed by atoms with Crippen molar-refractivity contribution in [3.8, 4) is 12.3 Å². The number of carbonyl (C=O) groups is 3. The maximum atomic E-state index is 13.0. The van der Waals surface area contributed by atoms with E-state index >= 15 is 0 Å². The third-order valence-electron chi connectivity index (χ3n) is 5.39. The molecule has 32 heavy (non-hydrogen) atoms. The highest BCUT2D eigenvalue weighted by Gasteiger charge is 2.28. The van der Waals surface area contributed by atoms with E-state index in [2.05, 4.69) is 16.2 Å². The third kappa shape index (κ3) is 3.86. The molecular weight excluding hydrogens is 406 g/mol. The van der Waals surface area contributed by atoms with Gasteiger partial charge in [0.1, 0.15) is 6.04 Å². The average molecular weight is 427 g/mol. The van der Waals surface area contributed by atoms with Crippen LogP contribution in [0.4, 0.5) is 0 Å². The Kier molecular flexibility index (Phi) is 5.77. The first-order valence-corrected chi connectivity index (χ1v) is 10.0. The number of nitrogens with zero attached hydrogens (tertiary/aromatic N) is 1. The lowest BCUT2D eigenvalue weighted by atomic mass is 10.0. The Morgan fingerprint density at radius 2 is 1.84 bits per heavy atom. The van der Waals surface area contributed by atoms with Gasteiger partial charge in [0.05, 0.1) is 19.2 Å². The second-order valence-electron chi connectivity index (χ2n) is 7.33. The van der Waals surface area contributed by atoms with Crippen LogP contribution in [-0.4, -0.2) is 40.4 Å². The molecule has 7 nitrogen and oxygen atoms in total. The van der Waals surface area contributed by atoms with Crippen molar-refractivity contribution in [1.82, 2.24) is 14.9 Å². The molecule has 0 spiro atoms. The Hall–Kier alpha value is -4.31. The monoisotopic (exact) mass is 427 g/mol. The van der Waals surface area contributed by atoms with Gasteiger partial charge in [0.25, 0.3) is 11.7 Å². The molecule has 4 aromatic rings. The predicted octanol–water partition coefficient (Wildman–Crippen LogP) is 2.84. The first-order chi connectivity index (χ1) is 15.5. The van der Waals surface area contributed by atoms with Crippen molar-refractivity contribution in [3.63, 3.8) is 0 Å². The van der Waals surface area contributed by atoms with Gasteiger partial charge in [-0.15, -0.1) is 6.42 Å². The van der Waals surface area contributed by atoms with E-state index < -0.39 is 23.7 Å². The summed E-state index contributed by atoms with van der Waals surface area (Å²) in [7, 11) is 1.24. The summed E-state index contributed by atoms with van der Waals surface area (Å²) in [4.78, 5) is 41.4. The number of fused-ring (bicyclic) bond motifs is 2. The van der Waals surface area contributed by atoms with Crippen molar-refractivity contribution in [2.45, 2.75) is 19.0 Å². The molecule has 2 N–H and O–H groups in total. The number of esters is 1. The van der Waals surface area contributed by atoms with Crippen molar-refractivity contribution in [3.05, 3.63) is 72.1 Å². The lowest BCUT2D eigenvalue weighted by molar-refractivity contribution is -0.144. The third-order valence-corrected chi connectivity index (χ3v) is 5.39. The van der Waals surface area contributed by atoms with Crippen molar-refractivity contribution in [2.75, 3.05) is 7.11 Å². The molecule has 2 heterocycles. The van der Waals surface area contributed by atoms with Gasteiger partial charge in [-0.3, -0.25) is 9.59 Å². The fraction of sp³-hybridized carbons (Fsp3) is 0.160. The molecule has 0 radical (unpaired) electrons. The number of ether oxygens (including phenoxy) is 1. The molecule has 160 valence electrons. The van der Waals surface area contributed by atoms with Gasteiger partial charge in [-0.1, -0.05) is 42.3 Å². The number of amides is 1. The Labute approximate surface area is 184 Å². The Morgan fingerprint density at radius 1 is 1.12 bits per heavy atom. The highest BCUT2D eigenvalue weighted by atomic mass is 16.5. The zero-order chi connectivity index (χ0) is 22.7. The van der Waals surface area contributed by atoms with E-state index in [1.54, 1.807) is 29.1 Å². The fourth-order valence-corrected chi connectivity index (χ4v) is 3.86. The molecule has 0 aliphatic carbocycles. The second kappa shape index (κ2) is 8.82. The molecular formula is C25H21N3O4. The zero-order valence-electron chi connectivity index (χ0n) is 17.4. The smallest absolute Gasteiger partial charge is 0.328 e. The summed E-state index contributed by atoms with van der Waals surface area (Å²) in [5, 5.41) is 4.10. The number of nitrogens with one attached hydrogen (secondary N) is 2. The van der Waals surface area contributed by atoms with Crippen molar-refractivity contribution < 1.29 is 19.1 Å². The summed E-state index contributed by atoms with van der Waals surface area (Å²) >= 11 is 0. The average Bonchev–Trinajstić information content (AvgIpc) is 3.39. The number of rotatable bonds is 7. The fourth-order valence-electron chi connectivity index (χ4n) is 3.86. The molecule has 1 atom stereocenters. The van der Waals surface area contributed by atoms with Gasteiger partial charge < -0.3 is 19.6 Å². The number of aromatic nitrogens is 2. The van der Waals surface area contributed by atoms with E-state index in [0.717, 1.165) is 22.0 Å². The summed E-state index contributed by atoms with van der Waals surface area (Å²) < 4.78 is 6.60. The second-order valence-corrected chi connectivity index (χ2v) is 7.33. The van der Waals surface area contributed by atoms with E-state index in [-0.39, 0.29) is 18.5 Å². The van der Waals surface area contributed by atoms with Gasteiger partial charge in [0, 0.05) is 40.6 Å². The molecule has 0 unspecified atom stereocenters. The van der Waals surface area contributed by atoms with Gasteiger partial charge in [-0.25, -0.2) is 4.79 Å². The van der Waals surface area contributed by atoms with Crippen LogP contribution >= 0.6 is 0 Å². The molecule has 0 aliphatic rings. The lowest BCUT2D eigenvalue weighted by Gasteiger charge is -2.15. The van der Waals surface area contributed by atoms with Crippen LogP contribution in [0, 0.1) is 12.3 Å². The van der Waals surface area contributed by atoms with E-state index in [9.17, 15) is 14.4 Å². The minimum atomic E-state index is -1.02. The zero-order valence-corrected chi connectivity index (χ0v) is 17.4. The largest absolute Gasteiger partial charge is 0.467 e. The minimum Gasteiger partial charge on any atom is -0.467 e. The summed E-state index contributed by atoms with van der Waals surface area (Å²) in [6.45, 7) is 0.265. The summed E-state index contributed by atoms with van der Waals surface area (Å²) in [5.41, 5.74) is 2.72. The first kappa shape index (κ1) is 20.9. The van der Waals surface area contributed by atoms with E-state index in [4.69, 9.17) is 11.2 Å². The van der Waals surface area contributed by atoms with E-state index in [1.807, 2.05) is 36.4 Å². The molecule has 2 aromatic carbocycles. The number of para-hydroxylation sites is 2. The van der Waals surface area contributed by atoms with Crippen LogP contribution in [0.5, 0.6) is 0 Å². The first-order valence-electron chi connectivity index (χ1n) is 10.0. The van der Waals surface area contributed by atoms with Crippen LogP contribution < -0.4 is 5.32 Å². The number of benzene rings is 2. The van der Waals surface area contributed by atoms with Gasteiger partial charge in [0.15, 0.2) is 0 Å². The normalized spacial score (nSPS) is 11.8. The van der Waals surface area contributed by atoms with Crippen LogP contribution in [-0.2, 0) is 27.3 Å². The number of ketones is 1. The molecule has 2 aromatic heterocycles. The number of carbonyl (C=O) groups excluding carboxylic acids is 3. The van der Waals surface area contributed by atoms with Gasteiger partial charge >= 0.3 is 5.97 Å². The molecule has 0 saturated carbocycles. The topological polar surface area (TPSA) is 93.2 Å². The van der Waals surface area contributed by atoms with Crippen molar-refractivity contribution in [2.24, 2.45) is 0 Å². The van der Waals surface area contributed by atoms with Crippen molar-refractivity contribution in [1.29, 1.82) is 0 Å². The maximum absolute atomic E-state index is 13.0. The molecule has 0 fully saturated rings. The van der Waals surface area contributed by atoms with Crippen LogP contribution in [0.15, 0.2) is 60.9 Å². The minimum absolute atomic E-state index is 0.175. The Bertz CT molecular complexity index is 1370. The highest BCUT2D eigenvalue weighted by molar-refractivity contribution is 6.45. The summed E-state index contributed by atoms with van der Waals surface area (Å²) in [6.07, 6.45) is 8.95. The van der Waals surface area contributed by atoms with Crippen LogP contribution in [0.2, 0.25) is 0 Å². The summed E-state index contributed by atoms with van der Waals surface area (Å²) in [5.74, 6) is 0.275. The van der Waals surface area contributed by atoms with Gasteiger partial charge in [-0.2, -0.15) is 0 Å². The molecule has 0 saturated heterocycles. The van der Waals surface area contributed by atoms with E-state index in [1.165, 1.54) is 7.11 Å². The number of terminal acetylenes is 1. The molecule has 1 amide bonds. The number of hydrogen-bond donors (Lipinski definition) is 2. The number of Topliss-reactive ketones (excluding diaryl/α,β-unsaturated/α-hetero) is 1. The maximum Gasteiger partial charge on any atom is 0.328 e. The molecule has 4 rings (SSSR count). The molecule has 0 bridgehead atoms. The number of methoxy groups -OCH3 is 1. The van der Waals surface area contributed by atoms with Gasteiger partial charge in [-0.05, 0) is 17.7 Å². The lowest BCUT2D eigenvalue weighted by Crippen LogP contribution is -2.45. The molecule has 0 aliphatic heterocycles.